The van der Waals surface area contributed by atoms with Crippen LogP contribution in [0.5, 0.6) is 23.0 Å². The number of aromatic hydroxyl groups is 1. The van der Waals surface area contributed by atoms with Crippen molar-refractivity contribution in [2.45, 2.75) is 115 Å². The van der Waals surface area contributed by atoms with E-state index in [1.807, 2.05) is 20.8 Å². The first kappa shape index (κ1) is 83.4. The van der Waals surface area contributed by atoms with E-state index in [-0.39, 0.29) is 87.7 Å². The Labute approximate surface area is 610 Å². The van der Waals surface area contributed by atoms with Crippen LogP contribution in [-0.4, -0.2) is 211 Å². The molecule has 3 saturated heterocycles. The largest absolute Gasteiger partial charge is 0.507 e. The molecule has 0 saturated carbocycles. The number of rotatable bonds is 16. The van der Waals surface area contributed by atoms with Crippen LogP contribution in [0.4, 0.5) is 18.4 Å². The molecule has 31 heteroatoms. The average molecular weight is 1470 g/mol. The van der Waals surface area contributed by atoms with Gasteiger partial charge >= 0.3 is 30.1 Å². The maximum Gasteiger partial charge on any atom is 0.410 e. The number of phenolic OH excluding ortho intramolecular Hbond substituents is 1. The van der Waals surface area contributed by atoms with E-state index in [1.54, 1.807) is 56.9 Å². The van der Waals surface area contributed by atoms with Crippen LogP contribution in [0.25, 0.3) is 0 Å². The summed E-state index contributed by atoms with van der Waals surface area (Å²) in [5.41, 5.74) is 5.45. The number of pyridine rings is 3. The number of aliphatic hydroxyl groups is 2. The number of ketones is 2. The number of carbonyl (C=O) groups excluding carboxylic acids is 7. The SMILES string of the molecule is CC(C)(C)OC(=O)N1CC[C@@H](O)[C@H](N)C1.CC(C)(C)OC(=O)N1CC[C@@H](O)[C@H](NC(=O)c2ccncc2)C1.CCOc1ccc(OC)c(F)c1C(=O)c1ccc(C(=O)O)cc1.COc1ccc(O)c(C(=O)c2ccc(C(=O)O[C@@H]3CCNC[C@H]3NC(=O)c3ccncc3)cc2)c1F.O=C(O)c1ccncc1. The van der Waals surface area contributed by atoms with Gasteiger partial charge in [-0.1, -0.05) is 24.3 Å². The second-order valence-electron chi connectivity index (χ2n) is 25.8. The molecule has 6 heterocycles. The molecule has 6 atom stereocenters. The number of hydrogen-bond acceptors (Lipinski definition) is 23. The number of hydrogen-bond donors (Lipinski definition) is 9. The molecule has 3 aromatic heterocycles. The average Bonchev–Trinajstić information content (AvgIpc) is 0.804. The zero-order valence-electron chi connectivity index (χ0n) is 59.8. The Balaban J connectivity index is 0.000000221. The van der Waals surface area contributed by atoms with E-state index < -0.39 is 100 Å². The molecule has 0 radical (unpaired) electrons. The van der Waals surface area contributed by atoms with E-state index >= 15 is 0 Å². The lowest BCUT2D eigenvalue weighted by Crippen LogP contribution is -2.57. The second-order valence-corrected chi connectivity index (χ2v) is 25.8. The van der Waals surface area contributed by atoms with Crippen molar-refractivity contribution in [3.05, 3.63) is 208 Å². The van der Waals surface area contributed by atoms with E-state index in [4.69, 9.17) is 44.4 Å². The number of aliphatic hydroxyl groups excluding tert-OH is 2. The van der Waals surface area contributed by atoms with Crippen molar-refractivity contribution >= 4 is 53.5 Å². The molecule has 566 valence electrons. The molecule has 10 N–H and O–H groups in total. The Kier molecular flexibility index (Phi) is 31.0. The van der Waals surface area contributed by atoms with E-state index in [1.165, 1.54) is 141 Å². The summed E-state index contributed by atoms with van der Waals surface area (Å²) in [7, 11) is 2.55. The fraction of sp³-hybridized carbons (Fsp3) is 0.360. The van der Waals surface area contributed by atoms with Crippen LogP contribution in [0.1, 0.15) is 151 Å². The Morgan fingerprint density at radius 3 is 1.40 bits per heavy atom. The minimum atomic E-state index is -1.11. The molecule has 4 aromatic carbocycles. The number of halogens is 2. The zero-order chi connectivity index (χ0) is 78.0. The summed E-state index contributed by atoms with van der Waals surface area (Å²) in [5, 5.41) is 55.6. The molecule has 29 nitrogen and oxygen atoms in total. The number of benzene rings is 4. The van der Waals surface area contributed by atoms with E-state index in [9.17, 15) is 67.3 Å². The summed E-state index contributed by atoms with van der Waals surface area (Å²) in [5.74, 6) is -7.08. The molecular formula is C75H87F2N9O20. The maximum atomic E-state index is 14.6. The van der Waals surface area contributed by atoms with Gasteiger partial charge in [-0.2, -0.15) is 0 Å². The van der Waals surface area contributed by atoms with E-state index in [2.05, 4.69) is 30.9 Å². The summed E-state index contributed by atoms with van der Waals surface area (Å²) in [6, 6.07) is 23.9. The molecule has 3 aliphatic rings. The number of piperidine rings is 3. The lowest BCUT2D eigenvalue weighted by molar-refractivity contribution is 0.000260. The standard InChI is InChI=1S/C26H24FN3O6.C17H15FO5.C16H23N3O4.C10H20N2O3.C6H5NO2/c1-35-21-7-6-19(31)22(23(21)27)24(32)15-2-4-17(5-3-15)26(34)36-20-10-13-29-14-18(20)30-25(33)16-8-11-28-12-9-16;1-3-23-12-8-9-13(22-2)15(18)14(12)16(19)10-4-6-11(7-5-10)17(20)21;1-16(2,3)23-15(22)19-9-6-13(20)12(10-19)18-14(21)11-4-7-17-8-5-11;1-10(2,3)15-9(14)12-5-4-8(13)7(11)6-12;8-6(9)5-1-3-7-4-2-5/h2-9,11-12,18,20,29,31H,10,13-14H2,1H3,(H,30,33);4-9H,3H2,1-2H3,(H,20,21);4-5,7-8,12-13,20H,6,9-10H2,1-3H3,(H,18,21);7-8,13H,4-6,11H2,1-3H3;1-4H,(H,8,9)/t18-,20-;;12-,13-;7-,8-;/m1.11./s1. The van der Waals surface area contributed by atoms with Gasteiger partial charge in [-0.15, -0.1) is 0 Å². The van der Waals surface area contributed by atoms with Gasteiger partial charge in [0.2, 0.25) is 0 Å². The van der Waals surface area contributed by atoms with Gasteiger partial charge in [0.25, 0.3) is 11.8 Å². The minimum Gasteiger partial charge on any atom is -0.507 e. The van der Waals surface area contributed by atoms with Gasteiger partial charge in [0.05, 0.1) is 61.8 Å². The predicted octanol–water partition coefficient (Wildman–Crippen LogP) is 7.92. The molecule has 10 rings (SSSR count). The van der Waals surface area contributed by atoms with Gasteiger partial charge in [-0.25, -0.2) is 32.8 Å². The number of amides is 4. The van der Waals surface area contributed by atoms with Crippen molar-refractivity contribution in [3.8, 4) is 23.0 Å². The zero-order valence-corrected chi connectivity index (χ0v) is 59.8. The van der Waals surface area contributed by atoms with Crippen molar-refractivity contribution in [2.24, 2.45) is 5.73 Å². The number of methoxy groups -OCH3 is 2. The van der Waals surface area contributed by atoms with Gasteiger partial charge in [0.15, 0.2) is 34.7 Å². The number of nitrogens with zero attached hydrogens (tertiary/aromatic N) is 5. The third-order valence-electron chi connectivity index (χ3n) is 15.7. The molecule has 106 heavy (non-hydrogen) atoms. The number of carbonyl (C=O) groups is 9. The van der Waals surface area contributed by atoms with Gasteiger partial charge in [0, 0.05) is 98.2 Å². The van der Waals surface area contributed by atoms with Crippen LogP contribution >= 0.6 is 0 Å². The van der Waals surface area contributed by atoms with Gasteiger partial charge < -0.3 is 85.4 Å². The number of likely N-dealkylation sites (tertiary alicyclic amines) is 2. The van der Waals surface area contributed by atoms with Gasteiger partial charge in [-0.05, 0) is 159 Å². The molecule has 0 bridgehead atoms. The highest BCUT2D eigenvalue weighted by atomic mass is 19.1. The number of esters is 1. The summed E-state index contributed by atoms with van der Waals surface area (Å²) >= 11 is 0. The smallest absolute Gasteiger partial charge is 0.410 e. The van der Waals surface area contributed by atoms with Crippen LogP contribution in [-0.2, 0) is 14.2 Å². The van der Waals surface area contributed by atoms with E-state index in [0.29, 0.717) is 63.1 Å². The number of ether oxygens (including phenoxy) is 6. The highest BCUT2D eigenvalue weighted by Gasteiger charge is 2.36. The summed E-state index contributed by atoms with van der Waals surface area (Å²) < 4.78 is 60.3. The third kappa shape index (κ3) is 24.8. The fourth-order valence-corrected chi connectivity index (χ4v) is 10.3. The first-order valence-corrected chi connectivity index (χ1v) is 33.4. The fourth-order valence-electron chi connectivity index (χ4n) is 10.3. The van der Waals surface area contributed by atoms with Crippen molar-refractivity contribution in [2.75, 3.05) is 60.1 Å². The number of phenols is 1. The predicted molar refractivity (Wildman–Crippen MR) is 379 cm³/mol. The number of carboxylic acids is 2. The number of carboxylic acid groups (broad SMARTS) is 2. The second kappa shape index (κ2) is 39.4. The van der Waals surface area contributed by atoms with Crippen LogP contribution in [0.3, 0.4) is 0 Å². The van der Waals surface area contributed by atoms with Crippen LogP contribution in [0.2, 0.25) is 0 Å². The number of aromatic nitrogens is 3. The lowest BCUT2D eigenvalue weighted by Gasteiger charge is -2.37. The van der Waals surface area contributed by atoms with E-state index in [0.717, 1.165) is 0 Å². The van der Waals surface area contributed by atoms with Crippen LogP contribution in [0, 0.1) is 11.6 Å². The van der Waals surface area contributed by atoms with Crippen LogP contribution in [0.15, 0.2) is 146 Å². The quantitative estimate of drug-likeness (QED) is 0.0252. The maximum absolute atomic E-state index is 14.6. The Morgan fingerprint density at radius 1 is 0.538 bits per heavy atom. The van der Waals surface area contributed by atoms with Gasteiger partial charge in [-0.3, -0.25) is 34.1 Å². The monoisotopic (exact) mass is 1470 g/mol. The minimum absolute atomic E-state index is 0.0395. The highest BCUT2D eigenvalue weighted by Crippen LogP contribution is 2.33. The summed E-state index contributed by atoms with van der Waals surface area (Å²) in [6.45, 7) is 15.4. The number of aromatic carboxylic acids is 2. The summed E-state index contributed by atoms with van der Waals surface area (Å²) in [4.78, 5) is 122. The third-order valence-corrected chi connectivity index (χ3v) is 15.7. The Bertz CT molecular complexity index is 4130. The molecular weight excluding hydrogens is 1380 g/mol. The van der Waals surface area contributed by atoms with Crippen molar-refractivity contribution in [3.63, 3.8) is 0 Å². The molecule has 0 spiro atoms. The lowest BCUT2D eigenvalue weighted by atomic mass is 10.00. The topological polar surface area (TPSA) is 417 Å². The van der Waals surface area contributed by atoms with Crippen molar-refractivity contribution in [1.29, 1.82) is 0 Å². The highest BCUT2D eigenvalue weighted by molar-refractivity contribution is 6.12. The van der Waals surface area contributed by atoms with Crippen LogP contribution < -0.4 is 35.9 Å². The Hall–Kier alpha value is -11.5. The molecule has 4 amide bonds. The molecule has 3 aliphatic heterocycles. The van der Waals surface area contributed by atoms with Gasteiger partial charge in [0.1, 0.15) is 39.9 Å². The van der Waals surface area contributed by atoms with Crippen molar-refractivity contribution < 1.29 is 106 Å². The summed E-state index contributed by atoms with van der Waals surface area (Å²) in [6.07, 6.45) is 7.83. The molecule has 3 fully saturated rings. The molecule has 7 aromatic rings. The first-order valence-electron chi connectivity index (χ1n) is 33.4. The Morgan fingerprint density at radius 2 is 0.943 bits per heavy atom. The first-order chi connectivity index (χ1) is 50.2. The normalized spacial score (nSPS) is 17.4. The number of nitrogens with two attached hydrogens (primary N) is 1. The van der Waals surface area contributed by atoms with Crippen molar-refractivity contribution in [1.82, 2.24) is 40.7 Å². The number of nitrogens with one attached hydrogen (secondary N) is 3. The molecule has 0 unspecified atom stereocenters. The molecule has 0 aliphatic carbocycles.